The van der Waals surface area contributed by atoms with Gasteiger partial charge in [0.15, 0.2) is 0 Å². The van der Waals surface area contributed by atoms with E-state index in [1.807, 2.05) is 7.05 Å². The number of nitrogens with zero attached hydrogens (tertiary/aromatic N) is 1. The van der Waals surface area contributed by atoms with E-state index in [4.69, 9.17) is 9.84 Å². The Bertz CT molecular complexity index is 273. The summed E-state index contributed by atoms with van der Waals surface area (Å²) < 4.78 is 5.62. The molecule has 4 heteroatoms. The Morgan fingerprint density at radius 3 is 2.47 bits per heavy atom. The molecular weight excluding hydrogens is 242 g/mol. The number of aliphatic carboxylic acids is 1. The lowest BCUT2D eigenvalue weighted by molar-refractivity contribution is -0.141. The molecule has 0 amide bonds. The van der Waals surface area contributed by atoms with Crippen LogP contribution in [0.15, 0.2) is 0 Å². The third kappa shape index (κ3) is 5.49. The van der Waals surface area contributed by atoms with E-state index in [0.717, 1.165) is 38.8 Å². The van der Waals surface area contributed by atoms with Crippen LogP contribution < -0.4 is 0 Å². The van der Waals surface area contributed by atoms with Crippen LogP contribution in [-0.2, 0) is 9.53 Å². The highest BCUT2D eigenvalue weighted by Crippen LogP contribution is 2.35. The van der Waals surface area contributed by atoms with Gasteiger partial charge in [-0.1, -0.05) is 33.1 Å². The third-order valence-corrected chi connectivity index (χ3v) is 4.10. The van der Waals surface area contributed by atoms with Crippen molar-refractivity contribution in [1.82, 2.24) is 4.90 Å². The van der Waals surface area contributed by atoms with Crippen LogP contribution in [0, 0.1) is 5.92 Å². The Hall–Kier alpha value is -0.610. The van der Waals surface area contributed by atoms with Crippen molar-refractivity contribution >= 4 is 5.97 Å². The van der Waals surface area contributed by atoms with Crippen molar-refractivity contribution in [3.8, 4) is 0 Å². The Morgan fingerprint density at radius 1 is 1.32 bits per heavy atom. The van der Waals surface area contributed by atoms with E-state index >= 15 is 0 Å². The fraction of sp³-hybridized carbons (Fsp3) is 0.933. The molecule has 0 heterocycles. The Labute approximate surface area is 117 Å². The molecule has 0 spiro atoms. The largest absolute Gasteiger partial charge is 0.481 e. The number of carbonyl (C=O) groups is 1. The second-order valence-corrected chi connectivity index (χ2v) is 6.25. The predicted molar refractivity (Wildman–Crippen MR) is 76.4 cm³/mol. The normalized spacial score (nSPS) is 19.0. The lowest BCUT2D eigenvalue weighted by Crippen LogP contribution is -2.50. The predicted octanol–water partition coefficient (Wildman–Crippen LogP) is 2.77. The van der Waals surface area contributed by atoms with Gasteiger partial charge in [0.1, 0.15) is 0 Å². The SMILES string of the molecule is CC(C)COCCN(C)C1(CC(=O)O)CCCCC1. The quantitative estimate of drug-likeness (QED) is 0.690. The van der Waals surface area contributed by atoms with E-state index < -0.39 is 5.97 Å². The van der Waals surface area contributed by atoms with Gasteiger partial charge < -0.3 is 9.84 Å². The van der Waals surface area contributed by atoms with Crippen LogP contribution in [0.5, 0.6) is 0 Å². The first-order valence-electron chi connectivity index (χ1n) is 7.47. The third-order valence-electron chi connectivity index (χ3n) is 4.10. The van der Waals surface area contributed by atoms with E-state index in [2.05, 4.69) is 18.7 Å². The number of likely N-dealkylation sites (N-methyl/N-ethyl adjacent to an activating group) is 1. The standard InChI is InChI=1S/C15H29NO3/c1-13(2)12-19-10-9-16(3)15(11-14(17)18)7-5-4-6-8-15/h13H,4-12H2,1-3H3,(H,17,18). The van der Waals surface area contributed by atoms with Gasteiger partial charge >= 0.3 is 5.97 Å². The molecule has 0 unspecified atom stereocenters. The summed E-state index contributed by atoms with van der Waals surface area (Å²) in [7, 11) is 2.05. The van der Waals surface area contributed by atoms with Crippen molar-refractivity contribution < 1.29 is 14.6 Å². The summed E-state index contributed by atoms with van der Waals surface area (Å²) in [6.07, 6.45) is 5.78. The maximum absolute atomic E-state index is 11.1. The number of hydrogen-bond acceptors (Lipinski definition) is 3. The van der Waals surface area contributed by atoms with Crippen LogP contribution in [0.2, 0.25) is 0 Å². The molecule has 0 aromatic rings. The van der Waals surface area contributed by atoms with Crippen molar-refractivity contribution in [2.45, 2.75) is 57.9 Å². The van der Waals surface area contributed by atoms with Crippen LogP contribution in [0.4, 0.5) is 0 Å². The zero-order valence-corrected chi connectivity index (χ0v) is 12.7. The highest BCUT2D eigenvalue weighted by atomic mass is 16.5. The molecule has 1 rings (SSSR count). The first-order valence-corrected chi connectivity index (χ1v) is 7.47. The van der Waals surface area contributed by atoms with Crippen LogP contribution in [-0.4, -0.2) is 48.3 Å². The number of ether oxygens (including phenoxy) is 1. The van der Waals surface area contributed by atoms with E-state index in [1.165, 1.54) is 6.42 Å². The van der Waals surface area contributed by atoms with Crippen LogP contribution in [0.1, 0.15) is 52.4 Å². The summed E-state index contributed by atoms with van der Waals surface area (Å²) >= 11 is 0. The molecule has 0 atom stereocenters. The molecular formula is C15H29NO3. The van der Waals surface area contributed by atoms with E-state index in [0.29, 0.717) is 12.5 Å². The van der Waals surface area contributed by atoms with Crippen LogP contribution >= 0.6 is 0 Å². The fourth-order valence-electron chi connectivity index (χ4n) is 2.94. The second kappa shape index (κ2) is 7.85. The smallest absolute Gasteiger partial charge is 0.305 e. The minimum atomic E-state index is -0.683. The zero-order valence-electron chi connectivity index (χ0n) is 12.7. The van der Waals surface area contributed by atoms with E-state index in [-0.39, 0.29) is 12.0 Å². The molecule has 0 aromatic heterocycles. The number of hydrogen-bond donors (Lipinski definition) is 1. The van der Waals surface area contributed by atoms with Gasteiger partial charge in [-0.3, -0.25) is 9.69 Å². The molecule has 1 N–H and O–H groups in total. The first kappa shape index (κ1) is 16.4. The maximum Gasteiger partial charge on any atom is 0.305 e. The van der Waals surface area contributed by atoms with Crippen molar-refractivity contribution in [3.05, 3.63) is 0 Å². The van der Waals surface area contributed by atoms with Gasteiger partial charge in [0.05, 0.1) is 13.0 Å². The summed E-state index contributed by atoms with van der Waals surface area (Å²) in [6.45, 7) is 6.56. The van der Waals surface area contributed by atoms with Gasteiger partial charge in [-0.25, -0.2) is 0 Å². The van der Waals surface area contributed by atoms with E-state index in [9.17, 15) is 4.79 Å². The van der Waals surface area contributed by atoms with Crippen molar-refractivity contribution in [2.24, 2.45) is 5.92 Å². The topological polar surface area (TPSA) is 49.8 Å². The molecule has 1 fully saturated rings. The minimum absolute atomic E-state index is 0.148. The molecule has 0 aliphatic heterocycles. The number of rotatable bonds is 8. The van der Waals surface area contributed by atoms with Crippen molar-refractivity contribution in [3.63, 3.8) is 0 Å². The molecule has 112 valence electrons. The van der Waals surface area contributed by atoms with Crippen molar-refractivity contribution in [2.75, 3.05) is 26.8 Å². The molecule has 0 bridgehead atoms. The second-order valence-electron chi connectivity index (χ2n) is 6.25. The van der Waals surface area contributed by atoms with Crippen molar-refractivity contribution in [1.29, 1.82) is 0 Å². The van der Waals surface area contributed by atoms with Gasteiger partial charge in [-0.05, 0) is 25.8 Å². The summed E-state index contributed by atoms with van der Waals surface area (Å²) in [4.78, 5) is 13.4. The summed E-state index contributed by atoms with van der Waals surface area (Å²) in [5.74, 6) is -0.134. The summed E-state index contributed by atoms with van der Waals surface area (Å²) in [5.41, 5.74) is -0.148. The van der Waals surface area contributed by atoms with E-state index in [1.54, 1.807) is 0 Å². The minimum Gasteiger partial charge on any atom is -0.481 e. The van der Waals surface area contributed by atoms with Gasteiger partial charge in [-0.2, -0.15) is 0 Å². The number of carboxylic acids is 1. The van der Waals surface area contributed by atoms with Gasteiger partial charge in [-0.15, -0.1) is 0 Å². The molecule has 1 aliphatic rings. The first-order chi connectivity index (χ1) is 8.96. The Balaban J connectivity index is 2.47. The van der Waals surface area contributed by atoms with Crippen LogP contribution in [0.3, 0.4) is 0 Å². The number of carboxylic acid groups (broad SMARTS) is 1. The Kier molecular flexibility index (Phi) is 6.80. The van der Waals surface area contributed by atoms with Crippen LogP contribution in [0.25, 0.3) is 0 Å². The average Bonchev–Trinajstić information content (AvgIpc) is 2.34. The van der Waals surface area contributed by atoms with Gasteiger partial charge in [0.25, 0.3) is 0 Å². The van der Waals surface area contributed by atoms with Gasteiger partial charge in [0, 0.05) is 18.7 Å². The summed E-state index contributed by atoms with van der Waals surface area (Å²) in [6, 6.07) is 0. The molecule has 1 aliphatic carbocycles. The van der Waals surface area contributed by atoms with Gasteiger partial charge in [0.2, 0.25) is 0 Å². The Morgan fingerprint density at radius 2 is 1.95 bits per heavy atom. The molecule has 0 aromatic carbocycles. The zero-order chi connectivity index (χ0) is 14.3. The molecule has 1 saturated carbocycles. The molecule has 4 nitrogen and oxygen atoms in total. The molecule has 0 saturated heterocycles. The molecule has 19 heavy (non-hydrogen) atoms. The average molecular weight is 271 g/mol. The highest BCUT2D eigenvalue weighted by molar-refractivity contribution is 5.68. The molecule has 0 radical (unpaired) electrons. The lowest BCUT2D eigenvalue weighted by atomic mass is 9.78. The fourth-order valence-corrected chi connectivity index (χ4v) is 2.94. The lowest BCUT2D eigenvalue weighted by Gasteiger charge is -2.44. The maximum atomic E-state index is 11.1. The highest BCUT2D eigenvalue weighted by Gasteiger charge is 2.37. The monoisotopic (exact) mass is 271 g/mol. The summed E-state index contributed by atoms with van der Waals surface area (Å²) in [5, 5.41) is 9.17.